The van der Waals surface area contributed by atoms with Gasteiger partial charge in [-0.15, -0.1) is 0 Å². The van der Waals surface area contributed by atoms with Crippen LogP contribution in [0.5, 0.6) is 0 Å². The summed E-state index contributed by atoms with van der Waals surface area (Å²) in [6, 6.07) is 5.55. The number of halogens is 5. The Bertz CT molecular complexity index is 1040. The SMILES string of the molecule is Cc1cc2c(c(C)c1NC(=O)CC1(C(F)(F)F)CC1)CC(c1ccc(F)cc1F)CC2. The molecular formula is C24H24F5NO. The van der Waals surface area contributed by atoms with Crippen LogP contribution in [0.4, 0.5) is 27.6 Å². The summed E-state index contributed by atoms with van der Waals surface area (Å²) in [5, 5.41) is 2.71. The molecule has 0 bridgehead atoms. The molecule has 7 heteroatoms. The van der Waals surface area contributed by atoms with Gasteiger partial charge in [-0.25, -0.2) is 8.78 Å². The third-order valence-electron chi connectivity index (χ3n) is 6.83. The number of amides is 1. The summed E-state index contributed by atoms with van der Waals surface area (Å²) in [6.45, 7) is 3.66. The number of fused-ring (bicyclic) bond motifs is 1. The molecule has 2 nitrogen and oxygen atoms in total. The van der Waals surface area contributed by atoms with Gasteiger partial charge in [0.1, 0.15) is 11.6 Å². The van der Waals surface area contributed by atoms with Gasteiger partial charge < -0.3 is 5.32 Å². The van der Waals surface area contributed by atoms with E-state index in [1.807, 2.05) is 19.9 Å². The maximum Gasteiger partial charge on any atom is 0.395 e. The van der Waals surface area contributed by atoms with Crippen LogP contribution in [0.2, 0.25) is 0 Å². The van der Waals surface area contributed by atoms with E-state index in [-0.39, 0.29) is 18.8 Å². The molecule has 2 aromatic rings. The van der Waals surface area contributed by atoms with Crippen molar-refractivity contribution in [2.45, 2.75) is 64.5 Å². The summed E-state index contributed by atoms with van der Waals surface area (Å²) in [5.74, 6) is -1.97. The second kappa shape index (κ2) is 7.61. The second-order valence-corrected chi connectivity index (χ2v) is 8.94. The van der Waals surface area contributed by atoms with Crippen molar-refractivity contribution in [2.24, 2.45) is 5.41 Å². The van der Waals surface area contributed by atoms with E-state index in [9.17, 15) is 26.7 Å². The summed E-state index contributed by atoms with van der Waals surface area (Å²) in [5.41, 5.74) is 2.76. The molecular weight excluding hydrogens is 413 g/mol. The first-order valence-electron chi connectivity index (χ1n) is 10.4. The lowest BCUT2D eigenvalue weighted by molar-refractivity contribution is -0.189. The Morgan fingerprint density at radius 3 is 2.48 bits per heavy atom. The molecule has 2 aliphatic carbocycles. The fraction of sp³-hybridized carbons (Fsp3) is 0.458. The minimum Gasteiger partial charge on any atom is -0.326 e. The van der Waals surface area contributed by atoms with Gasteiger partial charge in [0.05, 0.1) is 5.41 Å². The zero-order valence-electron chi connectivity index (χ0n) is 17.4. The highest BCUT2D eigenvalue weighted by atomic mass is 19.4. The highest BCUT2D eigenvalue weighted by molar-refractivity contribution is 5.93. The molecule has 4 rings (SSSR count). The molecule has 2 aliphatic rings. The summed E-state index contributed by atoms with van der Waals surface area (Å²) in [4.78, 5) is 12.5. The minimum absolute atomic E-state index is 0.0169. The third kappa shape index (κ3) is 4.06. The Morgan fingerprint density at radius 2 is 1.87 bits per heavy atom. The van der Waals surface area contributed by atoms with Crippen LogP contribution in [0.15, 0.2) is 24.3 Å². The molecule has 166 valence electrons. The van der Waals surface area contributed by atoms with Crippen LogP contribution in [0.25, 0.3) is 0 Å². The maximum atomic E-state index is 14.3. The normalized spacial score (nSPS) is 19.6. The lowest BCUT2D eigenvalue weighted by Gasteiger charge is -2.29. The average Bonchev–Trinajstić information content (AvgIpc) is 3.46. The molecule has 1 saturated carbocycles. The number of anilines is 1. The molecule has 0 aliphatic heterocycles. The van der Waals surface area contributed by atoms with Crippen molar-refractivity contribution in [2.75, 3.05) is 5.32 Å². The Kier molecular flexibility index (Phi) is 5.34. The van der Waals surface area contributed by atoms with Gasteiger partial charge in [0, 0.05) is 18.2 Å². The first-order valence-corrected chi connectivity index (χ1v) is 10.4. The number of aryl methyl sites for hydroxylation is 2. The van der Waals surface area contributed by atoms with Crippen molar-refractivity contribution in [3.05, 3.63) is 63.7 Å². The number of benzene rings is 2. The minimum atomic E-state index is -4.38. The quantitative estimate of drug-likeness (QED) is 0.542. The molecule has 31 heavy (non-hydrogen) atoms. The van der Waals surface area contributed by atoms with Gasteiger partial charge in [0.25, 0.3) is 0 Å². The predicted molar refractivity (Wildman–Crippen MR) is 108 cm³/mol. The van der Waals surface area contributed by atoms with Crippen LogP contribution in [-0.4, -0.2) is 12.1 Å². The number of hydrogen-bond donors (Lipinski definition) is 1. The molecule has 1 amide bonds. The zero-order valence-corrected chi connectivity index (χ0v) is 17.4. The van der Waals surface area contributed by atoms with Crippen molar-refractivity contribution < 1.29 is 26.7 Å². The summed E-state index contributed by atoms with van der Waals surface area (Å²) in [6.07, 6.45) is -3.03. The number of rotatable bonds is 4. The molecule has 1 unspecified atom stereocenters. The lowest BCUT2D eigenvalue weighted by Crippen LogP contribution is -2.30. The monoisotopic (exact) mass is 437 g/mol. The molecule has 0 heterocycles. The lowest BCUT2D eigenvalue weighted by atomic mass is 9.77. The van der Waals surface area contributed by atoms with Crippen molar-refractivity contribution in [3.8, 4) is 0 Å². The molecule has 0 radical (unpaired) electrons. The first kappa shape index (κ1) is 21.8. The molecule has 1 atom stereocenters. The van der Waals surface area contributed by atoms with Crippen molar-refractivity contribution in [1.29, 1.82) is 0 Å². The predicted octanol–water partition coefficient (Wildman–Crippen LogP) is 6.53. The third-order valence-corrected chi connectivity index (χ3v) is 6.83. The van der Waals surface area contributed by atoms with Crippen LogP contribution in [0.1, 0.15) is 59.4 Å². The van der Waals surface area contributed by atoms with Crippen molar-refractivity contribution >= 4 is 11.6 Å². The van der Waals surface area contributed by atoms with E-state index >= 15 is 0 Å². The standard InChI is InChI=1S/C24H24F5NO/c1-13-9-15-3-4-16(18-6-5-17(25)11-20(18)26)10-19(15)14(2)22(13)30-21(31)12-23(7-8-23)24(27,28)29/h5-6,9,11,16H,3-4,7-8,10,12H2,1-2H3,(H,30,31). The Morgan fingerprint density at radius 1 is 1.16 bits per heavy atom. The van der Waals surface area contributed by atoms with E-state index in [0.717, 1.165) is 28.3 Å². The van der Waals surface area contributed by atoms with Crippen LogP contribution in [-0.2, 0) is 17.6 Å². The summed E-state index contributed by atoms with van der Waals surface area (Å²) in [7, 11) is 0. The average molecular weight is 437 g/mol. The number of nitrogens with one attached hydrogen (secondary N) is 1. The number of alkyl halides is 3. The summed E-state index contributed by atoms with van der Waals surface area (Å²) >= 11 is 0. The fourth-order valence-electron chi connectivity index (χ4n) is 4.79. The Balaban J connectivity index is 1.57. The van der Waals surface area contributed by atoms with Crippen LogP contribution in [0.3, 0.4) is 0 Å². The molecule has 0 spiro atoms. The van der Waals surface area contributed by atoms with E-state index in [0.29, 0.717) is 30.5 Å². The topological polar surface area (TPSA) is 29.1 Å². The highest BCUT2D eigenvalue weighted by Crippen LogP contribution is 2.60. The van der Waals surface area contributed by atoms with E-state index in [2.05, 4.69) is 5.32 Å². The summed E-state index contributed by atoms with van der Waals surface area (Å²) < 4.78 is 67.2. The van der Waals surface area contributed by atoms with Gasteiger partial charge in [0.15, 0.2) is 0 Å². The number of carbonyl (C=O) groups excluding carboxylic acids is 1. The number of carbonyl (C=O) groups is 1. The van der Waals surface area contributed by atoms with Crippen LogP contribution in [0, 0.1) is 30.9 Å². The molecule has 0 saturated heterocycles. The van der Waals surface area contributed by atoms with Gasteiger partial charge in [-0.1, -0.05) is 12.1 Å². The number of hydrogen-bond acceptors (Lipinski definition) is 1. The van der Waals surface area contributed by atoms with Gasteiger partial charge >= 0.3 is 6.18 Å². The second-order valence-electron chi connectivity index (χ2n) is 8.94. The first-order chi connectivity index (χ1) is 14.5. The van der Waals surface area contributed by atoms with Gasteiger partial charge in [-0.3, -0.25) is 4.79 Å². The van der Waals surface area contributed by atoms with E-state index in [4.69, 9.17) is 0 Å². The van der Waals surface area contributed by atoms with Gasteiger partial charge in [0.2, 0.25) is 5.91 Å². The van der Waals surface area contributed by atoms with Crippen LogP contribution < -0.4 is 5.32 Å². The zero-order chi connectivity index (χ0) is 22.6. The van der Waals surface area contributed by atoms with Crippen LogP contribution >= 0.6 is 0 Å². The van der Waals surface area contributed by atoms with E-state index < -0.39 is 35.6 Å². The molecule has 1 N–H and O–H groups in total. The Labute approximate surface area is 177 Å². The molecule has 1 fully saturated rings. The Hall–Kier alpha value is -2.44. The fourth-order valence-corrected chi connectivity index (χ4v) is 4.79. The molecule has 0 aromatic heterocycles. The smallest absolute Gasteiger partial charge is 0.326 e. The van der Waals surface area contributed by atoms with Crippen molar-refractivity contribution in [1.82, 2.24) is 0 Å². The highest BCUT2D eigenvalue weighted by Gasteiger charge is 2.63. The van der Waals surface area contributed by atoms with E-state index in [1.165, 1.54) is 12.1 Å². The van der Waals surface area contributed by atoms with E-state index in [1.54, 1.807) is 0 Å². The largest absolute Gasteiger partial charge is 0.395 e. The van der Waals surface area contributed by atoms with Crippen molar-refractivity contribution in [3.63, 3.8) is 0 Å². The van der Waals surface area contributed by atoms with Gasteiger partial charge in [-0.05, 0) is 85.8 Å². The van der Waals surface area contributed by atoms with Gasteiger partial charge in [-0.2, -0.15) is 13.2 Å². The maximum absolute atomic E-state index is 14.3. The molecule has 2 aromatic carbocycles.